The molecule has 1 aromatic rings. The van der Waals surface area contributed by atoms with Crippen molar-refractivity contribution in [2.45, 2.75) is 17.9 Å². The highest BCUT2D eigenvalue weighted by atomic mass is 32.2. The number of nitrogens with two attached hydrogens (primary N) is 2. The van der Waals surface area contributed by atoms with Crippen LogP contribution in [0.2, 0.25) is 0 Å². The molecule has 0 aliphatic heterocycles. The number of benzene rings is 1. The molecule has 0 spiro atoms. The standard InChI is InChI=1S/C10H17N3O2S/c1-8(13-7-6-11)9-2-4-10(5-3-9)16(12,14)15/h2-5,8,13H,6-7,11H2,1H3,(H2,12,14,15). The lowest BCUT2D eigenvalue weighted by Crippen LogP contribution is -2.25. The Bertz CT molecular complexity index is 428. The maximum absolute atomic E-state index is 11.0. The molecule has 0 saturated heterocycles. The van der Waals surface area contributed by atoms with Crippen LogP contribution in [0.3, 0.4) is 0 Å². The Kier molecular flexibility index (Phi) is 4.43. The van der Waals surface area contributed by atoms with E-state index in [-0.39, 0.29) is 10.9 Å². The molecule has 0 radical (unpaired) electrons. The van der Waals surface area contributed by atoms with Crippen LogP contribution < -0.4 is 16.2 Å². The fourth-order valence-corrected chi connectivity index (χ4v) is 1.88. The molecule has 0 aromatic heterocycles. The lowest BCUT2D eigenvalue weighted by Gasteiger charge is -2.13. The molecule has 90 valence electrons. The third kappa shape index (κ3) is 3.57. The number of sulfonamides is 1. The fourth-order valence-electron chi connectivity index (χ4n) is 1.36. The summed E-state index contributed by atoms with van der Waals surface area (Å²) in [6, 6.07) is 6.64. The maximum Gasteiger partial charge on any atom is 0.238 e. The van der Waals surface area contributed by atoms with Gasteiger partial charge in [0, 0.05) is 19.1 Å². The Morgan fingerprint density at radius 1 is 1.31 bits per heavy atom. The monoisotopic (exact) mass is 243 g/mol. The first-order valence-electron chi connectivity index (χ1n) is 5.01. The highest BCUT2D eigenvalue weighted by Gasteiger charge is 2.09. The minimum Gasteiger partial charge on any atom is -0.329 e. The van der Waals surface area contributed by atoms with Crippen molar-refractivity contribution in [2.75, 3.05) is 13.1 Å². The molecule has 0 aliphatic rings. The fraction of sp³-hybridized carbons (Fsp3) is 0.400. The zero-order valence-corrected chi connectivity index (χ0v) is 10.00. The van der Waals surface area contributed by atoms with Gasteiger partial charge in [-0.15, -0.1) is 0 Å². The molecule has 5 N–H and O–H groups in total. The van der Waals surface area contributed by atoms with Crippen molar-refractivity contribution in [3.63, 3.8) is 0 Å². The predicted octanol–water partition coefficient (Wildman–Crippen LogP) is -0.0567. The largest absolute Gasteiger partial charge is 0.329 e. The van der Waals surface area contributed by atoms with Gasteiger partial charge in [0.05, 0.1) is 4.90 Å². The second-order valence-electron chi connectivity index (χ2n) is 3.58. The van der Waals surface area contributed by atoms with Crippen LogP contribution in [0, 0.1) is 0 Å². The summed E-state index contributed by atoms with van der Waals surface area (Å²) in [6.07, 6.45) is 0. The summed E-state index contributed by atoms with van der Waals surface area (Å²) in [5.74, 6) is 0. The van der Waals surface area contributed by atoms with E-state index in [2.05, 4.69) is 5.32 Å². The van der Waals surface area contributed by atoms with E-state index in [0.717, 1.165) is 12.1 Å². The molecule has 1 aromatic carbocycles. The summed E-state index contributed by atoms with van der Waals surface area (Å²) in [7, 11) is -3.60. The van der Waals surface area contributed by atoms with Crippen molar-refractivity contribution < 1.29 is 8.42 Å². The molecule has 6 heteroatoms. The van der Waals surface area contributed by atoms with Crippen LogP contribution in [0.4, 0.5) is 0 Å². The average molecular weight is 243 g/mol. The lowest BCUT2D eigenvalue weighted by molar-refractivity contribution is 0.581. The van der Waals surface area contributed by atoms with Crippen LogP contribution in [0.5, 0.6) is 0 Å². The van der Waals surface area contributed by atoms with Gasteiger partial charge in [0.25, 0.3) is 0 Å². The molecule has 1 rings (SSSR count). The summed E-state index contributed by atoms with van der Waals surface area (Å²) in [5.41, 5.74) is 6.38. The zero-order chi connectivity index (χ0) is 12.2. The Morgan fingerprint density at radius 3 is 2.31 bits per heavy atom. The molecule has 16 heavy (non-hydrogen) atoms. The number of hydrogen-bond donors (Lipinski definition) is 3. The summed E-state index contributed by atoms with van der Waals surface area (Å²) < 4.78 is 22.1. The van der Waals surface area contributed by atoms with Crippen LogP contribution >= 0.6 is 0 Å². The molecular formula is C10H17N3O2S. The van der Waals surface area contributed by atoms with E-state index in [1.54, 1.807) is 12.1 Å². The molecule has 5 nitrogen and oxygen atoms in total. The van der Waals surface area contributed by atoms with Crippen molar-refractivity contribution in [1.82, 2.24) is 5.32 Å². The highest BCUT2D eigenvalue weighted by molar-refractivity contribution is 7.89. The molecular weight excluding hydrogens is 226 g/mol. The van der Waals surface area contributed by atoms with E-state index in [4.69, 9.17) is 10.9 Å². The Hall–Kier alpha value is -0.950. The molecule has 0 fully saturated rings. The predicted molar refractivity (Wildman–Crippen MR) is 63.3 cm³/mol. The maximum atomic E-state index is 11.0. The third-order valence-corrected chi connectivity index (χ3v) is 3.23. The van der Waals surface area contributed by atoms with E-state index in [1.165, 1.54) is 12.1 Å². The number of primary sulfonamides is 1. The number of hydrogen-bond acceptors (Lipinski definition) is 4. The Labute approximate surface area is 95.9 Å². The first-order valence-corrected chi connectivity index (χ1v) is 6.56. The second-order valence-corrected chi connectivity index (χ2v) is 5.14. The van der Waals surface area contributed by atoms with E-state index < -0.39 is 10.0 Å². The van der Waals surface area contributed by atoms with Gasteiger partial charge in [-0.3, -0.25) is 0 Å². The first-order chi connectivity index (χ1) is 7.45. The van der Waals surface area contributed by atoms with Crippen molar-refractivity contribution >= 4 is 10.0 Å². The smallest absolute Gasteiger partial charge is 0.238 e. The summed E-state index contributed by atoms with van der Waals surface area (Å²) in [6.45, 7) is 3.28. The van der Waals surface area contributed by atoms with E-state index in [9.17, 15) is 8.42 Å². The average Bonchev–Trinajstić information content (AvgIpc) is 2.25. The van der Waals surface area contributed by atoms with Gasteiger partial charge in [-0.1, -0.05) is 12.1 Å². The second kappa shape index (κ2) is 5.40. The highest BCUT2D eigenvalue weighted by Crippen LogP contribution is 2.14. The summed E-state index contributed by atoms with van der Waals surface area (Å²) in [4.78, 5) is 0.127. The summed E-state index contributed by atoms with van der Waals surface area (Å²) in [5, 5.41) is 8.20. The van der Waals surface area contributed by atoms with Crippen LogP contribution in [0.25, 0.3) is 0 Å². The number of nitrogens with one attached hydrogen (secondary N) is 1. The van der Waals surface area contributed by atoms with Crippen molar-refractivity contribution in [3.8, 4) is 0 Å². The van der Waals surface area contributed by atoms with Crippen LogP contribution in [0.1, 0.15) is 18.5 Å². The molecule has 0 bridgehead atoms. The van der Waals surface area contributed by atoms with Crippen LogP contribution in [0.15, 0.2) is 29.2 Å². The minimum atomic E-state index is -3.60. The van der Waals surface area contributed by atoms with Crippen LogP contribution in [-0.2, 0) is 10.0 Å². The Balaban J connectivity index is 2.79. The number of rotatable bonds is 5. The van der Waals surface area contributed by atoms with Gasteiger partial charge in [0.2, 0.25) is 10.0 Å². The van der Waals surface area contributed by atoms with Gasteiger partial charge in [0.15, 0.2) is 0 Å². The third-order valence-electron chi connectivity index (χ3n) is 2.30. The zero-order valence-electron chi connectivity index (χ0n) is 9.18. The minimum absolute atomic E-state index is 0.127. The SMILES string of the molecule is CC(NCCN)c1ccc(S(N)(=O)=O)cc1. The quantitative estimate of drug-likeness (QED) is 0.675. The molecule has 0 heterocycles. The van der Waals surface area contributed by atoms with Gasteiger partial charge < -0.3 is 11.1 Å². The van der Waals surface area contributed by atoms with Gasteiger partial charge in [0.1, 0.15) is 0 Å². The molecule has 1 unspecified atom stereocenters. The Morgan fingerprint density at radius 2 is 1.88 bits per heavy atom. The summed E-state index contributed by atoms with van der Waals surface area (Å²) >= 11 is 0. The van der Waals surface area contributed by atoms with Crippen molar-refractivity contribution in [2.24, 2.45) is 10.9 Å². The molecule has 0 saturated carbocycles. The van der Waals surface area contributed by atoms with Crippen molar-refractivity contribution in [1.29, 1.82) is 0 Å². The van der Waals surface area contributed by atoms with E-state index in [0.29, 0.717) is 6.54 Å². The normalized spacial score (nSPS) is 13.7. The van der Waals surface area contributed by atoms with E-state index in [1.807, 2.05) is 6.92 Å². The van der Waals surface area contributed by atoms with Gasteiger partial charge in [-0.25, -0.2) is 13.6 Å². The van der Waals surface area contributed by atoms with Gasteiger partial charge in [-0.05, 0) is 24.6 Å². The van der Waals surface area contributed by atoms with E-state index >= 15 is 0 Å². The molecule has 0 amide bonds. The lowest BCUT2D eigenvalue weighted by atomic mass is 10.1. The van der Waals surface area contributed by atoms with Crippen LogP contribution in [-0.4, -0.2) is 21.5 Å². The van der Waals surface area contributed by atoms with Gasteiger partial charge >= 0.3 is 0 Å². The van der Waals surface area contributed by atoms with Gasteiger partial charge in [-0.2, -0.15) is 0 Å². The first kappa shape index (κ1) is 13.1. The van der Waals surface area contributed by atoms with Crippen molar-refractivity contribution in [3.05, 3.63) is 29.8 Å². The molecule has 0 aliphatic carbocycles. The topological polar surface area (TPSA) is 98.2 Å². The molecule has 1 atom stereocenters.